The van der Waals surface area contributed by atoms with E-state index in [1.54, 1.807) is 0 Å². The Hall–Kier alpha value is -0.610. The zero-order valence-corrected chi connectivity index (χ0v) is 15.0. The van der Waals surface area contributed by atoms with Gasteiger partial charge in [-0.3, -0.25) is 4.79 Å². The molecule has 0 aromatic carbocycles. The molecular formula is C19H36O4. The Morgan fingerprint density at radius 2 is 1.48 bits per heavy atom. The van der Waals surface area contributed by atoms with Gasteiger partial charge in [-0.15, -0.1) is 0 Å². The van der Waals surface area contributed by atoms with Gasteiger partial charge in [0.2, 0.25) is 0 Å². The summed E-state index contributed by atoms with van der Waals surface area (Å²) in [6.07, 6.45) is 13.4. The van der Waals surface area contributed by atoms with E-state index in [-0.39, 0.29) is 12.1 Å². The highest BCUT2D eigenvalue weighted by Gasteiger charge is 2.17. The summed E-state index contributed by atoms with van der Waals surface area (Å²) in [7, 11) is 0. The molecule has 0 N–H and O–H groups in total. The Labute approximate surface area is 142 Å². The molecule has 0 heterocycles. The number of hydrogen-bond donors (Lipinski definition) is 0. The minimum atomic E-state index is -0.0659. The third-order valence-corrected chi connectivity index (χ3v) is 4.28. The highest BCUT2D eigenvalue weighted by Crippen LogP contribution is 2.20. The summed E-state index contributed by atoms with van der Waals surface area (Å²) < 4.78 is 16.5. The highest BCUT2D eigenvalue weighted by molar-refractivity contribution is 5.69. The number of carbonyl (C=O) groups excluding carboxylic acids is 1. The molecule has 0 unspecified atom stereocenters. The topological polar surface area (TPSA) is 44.8 Å². The first-order chi connectivity index (χ1) is 11.3. The summed E-state index contributed by atoms with van der Waals surface area (Å²) in [6, 6.07) is 0. The number of esters is 1. The molecule has 1 fully saturated rings. The zero-order valence-electron chi connectivity index (χ0n) is 15.0. The van der Waals surface area contributed by atoms with Gasteiger partial charge in [-0.25, -0.2) is 0 Å². The van der Waals surface area contributed by atoms with Gasteiger partial charge in [0.05, 0.1) is 13.2 Å². The second kappa shape index (κ2) is 14.9. The lowest BCUT2D eigenvalue weighted by Crippen LogP contribution is -2.21. The fourth-order valence-electron chi connectivity index (χ4n) is 2.88. The van der Waals surface area contributed by atoms with Crippen molar-refractivity contribution in [3.63, 3.8) is 0 Å². The van der Waals surface area contributed by atoms with Crippen LogP contribution in [0.2, 0.25) is 0 Å². The third-order valence-electron chi connectivity index (χ3n) is 4.28. The first-order valence-electron chi connectivity index (χ1n) is 9.68. The first-order valence-corrected chi connectivity index (χ1v) is 9.68. The zero-order chi connectivity index (χ0) is 16.6. The lowest BCUT2D eigenvalue weighted by molar-refractivity contribution is -0.150. The van der Waals surface area contributed by atoms with Gasteiger partial charge in [0.25, 0.3) is 0 Å². The fourth-order valence-corrected chi connectivity index (χ4v) is 2.88. The summed E-state index contributed by atoms with van der Waals surface area (Å²) in [5, 5.41) is 0. The Morgan fingerprint density at radius 3 is 2.17 bits per heavy atom. The Balaban J connectivity index is 1.77. The minimum Gasteiger partial charge on any atom is -0.462 e. The van der Waals surface area contributed by atoms with Crippen LogP contribution in [-0.2, 0) is 19.0 Å². The molecule has 1 aliphatic carbocycles. The van der Waals surface area contributed by atoms with Crippen molar-refractivity contribution in [2.75, 3.05) is 26.4 Å². The van der Waals surface area contributed by atoms with Crippen molar-refractivity contribution in [3.05, 3.63) is 0 Å². The number of unbranched alkanes of at least 4 members (excludes halogenated alkanes) is 4. The summed E-state index contributed by atoms with van der Waals surface area (Å²) >= 11 is 0. The van der Waals surface area contributed by atoms with Crippen molar-refractivity contribution in [3.8, 4) is 0 Å². The van der Waals surface area contributed by atoms with Crippen LogP contribution in [0.4, 0.5) is 0 Å². The van der Waals surface area contributed by atoms with E-state index in [0.717, 1.165) is 32.3 Å². The van der Waals surface area contributed by atoms with Crippen LogP contribution in [0.5, 0.6) is 0 Å². The molecule has 4 heteroatoms. The van der Waals surface area contributed by atoms with Crippen molar-refractivity contribution in [1.29, 1.82) is 0 Å². The van der Waals surface area contributed by atoms with Gasteiger partial charge in [-0.2, -0.15) is 0 Å². The molecule has 4 nitrogen and oxygen atoms in total. The van der Waals surface area contributed by atoms with Crippen LogP contribution < -0.4 is 0 Å². The van der Waals surface area contributed by atoms with E-state index in [1.807, 2.05) is 0 Å². The van der Waals surface area contributed by atoms with Gasteiger partial charge in [0, 0.05) is 19.6 Å². The van der Waals surface area contributed by atoms with Crippen LogP contribution in [0, 0.1) is 0 Å². The van der Waals surface area contributed by atoms with Crippen molar-refractivity contribution in [2.45, 2.75) is 90.1 Å². The fraction of sp³-hybridized carbons (Fsp3) is 0.947. The molecule has 0 spiro atoms. The molecule has 1 aliphatic rings. The Morgan fingerprint density at radius 1 is 0.826 bits per heavy atom. The molecule has 0 amide bonds. The smallest absolute Gasteiger partial charge is 0.306 e. The minimum absolute atomic E-state index is 0.0659. The van der Waals surface area contributed by atoms with E-state index < -0.39 is 0 Å². The van der Waals surface area contributed by atoms with Gasteiger partial charge in [-0.05, 0) is 38.5 Å². The molecule has 0 aliphatic heterocycles. The quantitative estimate of drug-likeness (QED) is 0.344. The van der Waals surface area contributed by atoms with Gasteiger partial charge < -0.3 is 14.2 Å². The normalized spacial score (nSPS) is 15.7. The van der Waals surface area contributed by atoms with Crippen molar-refractivity contribution < 1.29 is 19.0 Å². The van der Waals surface area contributed by atoms with Crippen molar-refractivity contribution in [2.24, 2.45) is 0 Å². The van der Waals surface area contributed by atoms with Crippen molar-refractivity contribution >= 4 is 5.97 Å². The van der Waals surface area contributed by atoms with Crippen LogP contribution >= 0.6 is 0 Å². The SMILES string of the molecule is CCCCCCCOCCOCCCC(=O)OC1CCCCC1. The molecule has 0 saturated heterocycles. The van der Waals surface area contributed by atoms with Gasteiger partial charge in [-0.1, -0.05) is 39.0 Å². The van der Waals surface area contributed by atoms with E-state index in [0.29, 0.717) is 26.2 Å². The van der Waals surface area contributed by atoms with E-state index in [9.17, 15) is 4.79 Å². The molecular weight excluding hydrogens is 292 g/mol. The van der Waals surface area contributed by atoms with Gasteiger partial charge in [0.1, 0.15) is 6.10 Å². The summed E-state index contributed by atoms with van der Waals surface area (Å²) in [4.78, 5) is 11.7. The Bertz CT molecular complexity index is 275. The maximum atomic E-state index is 11.7. The van der Waals surface area contributed by atoms with E-state index in [2.05, 4.69) is 6.92 Å². The van der Waals surface area contributed by atoms with Crippen LogP contribution in [-0.4, -0.2) is 38.5 Å². The molecule has 0 aromatic rings. The average Bonchev–Trinajstić information content (AvgIpc) is 2.57. The van der Waals surface area contributed by atoms with Gasteiger partial charge >= 0.3 is 5.97 Å². The second-order valence-corrected chi connectivity index (χ2v) is 6.49. The maximum Gasteiger partial charge on any atom is 0.306 e. The lowest BCUT2D eigenvalue weighted by atomic mass is 9.98. The first kappa shape index (κ1) is 20.4. The monoisotopic (exact) mass is 328 g/mol. The van der Waals surface area contributed by atoms with Crippen LogP contribution in [0.3, 0.4) is 0 Å². The molecule has 0 bridgehead atoms. The highest BCUT2D eigenvalue weighted by atomic mass is 16.5. The molecule has 0 aromatic heterocycles. The standard InChI is InChI=1S/C19H36O4/c1-2-3-4-5-9-14-21-16-17-22-15-10-13-19(20)23-18-11-7-6-8-12-18/h18H,2-17H2,1H3. The summed E-state index contributed by atoms with van der Waals surface area (Å²) in [5.41, 5.74) is 0. The molecule has 1 rings (SSSR count). The van der Waals surface area contributed by atoms with E-state index >= 15 is 0 Å². The predicted octanol–water partition coefficient (Wildman–Crippen LogP) is 4.65. The summed E-state index contributed by atoms with van der Waals surface area (Å²) in [5.74, 6) is -0.0659. The van der Waals surface area contributed by atoms with Crippen LogP contribution in [0.1, 0.15) is 84.0 Å². The molecule has 136 valence electrons. The predicted molar refractivity (Wildman–Crippen MR) is 92.6 cm³/mol. The lowest BCUT2D eigenvalue weighted by Gasteiger charge is -2.21. The summed E-state index contributed by atoms with van der Waals surface area (Å²) in [6.45, 7) is 4.94. The number of rotatable bonds is 14. The number of hydrogen-bond acceptors (Lipinski definition) is 4. The Kier molecular flexibility index (Phi) is 13.3. The van der Waals surface area contributed by atoms with Crippen molar-refractivity contribution in [1.82, 2.24) is 0 Å². The number of carbonyl (C=O) groups is 1. The largest absolute Gasteiger partial charge is 0.462 e. The molecule has 0 radical (unpaired) electrons. The average molecular weight is 328 g/mol. The molecule has 23 heavy (non-hydrogen) atoms. The molecule has 0 atom stereocenters. The maximum absolute atomic E-state index is 11.7. The number of ether oxygens (including phenoxy) is 3. The van der Waals surface area contributed by atoms with Gasteiger partial charge in [0.15, 0.2) is 0 Å². The van der Waals surface area contributed by atoms with Crippen LogP contribution in [0.15, 0.2) is 0 Å². The second-order valence-electron chi connectivity index (χ2n) is 6.49. The molecule has 1 saturated carbocycles. The van der Waals surface area contributed by atoms with E-state index in [4.69, 9.17) is 14.2 Å². The van der Waals surface area contributed by atoms with Crippen LogP contribution in [0.25, 0.3) is 0 Å². The third kappa shape index (κ3) is 12.5. The van der Waals surface area contributed by atoms with E-state index in [1.165, 1.54) is 44.9 Å².